The number of carbonyl (C=O) groups is 1. The van der Waals surface area contributed by atoms with Crippen molar-refractivity contribution >= 4 is 5.91 Å². The minimum Gasteiger partial charge on any atom is -0.481 e. The summed E-state index contributed by atoms with van der Waals surface area (Å²) < 4.78 is 16.4. The summed E-state index contributed by atoms with van der Waals surface area (Å²) in [7, 11) is 3.27. The highest BCUT2D eigenvalue weighted by Crippen LogP contribution is 2.33. The first kappa shape index (κ1) is 18.1. The third-order valence-corrected chi connectivity index (χ3v) is 4.98. The van der Waals surface area contributed by atoms with E-state index in [0.29, 0.717) is 25.1 Å². The van der Waals surface area contributed by atoms with Gasteiger partial charge in [-0.2, -0.15) is 0 Å². The maximum absolute atomic E-state index is 12.2. The van der Waals surface area contributed by atoms with Crippen molar-refractivity contribution in [2.45, 2.75) is 44.1 Å². The molecule has 7 heteroatoms. The Morgan fingerprint density at radius 3 is 3.08 bits per heavy atom. The molecule has 1 aromatic heterocycles. The van der Waals surface area contributed by atoms with Crippen LogP contribution >= 0.6 is 0 Å². The zero-order valence-corrected chi connectivity index (χ0v) is 14.9. The van der Waals surface area contributed by atoms with Crippen LogP contribution in [-0.4, -0.2) is 68.0 Å². The Hall–Kier alpha value is -1.70. The van der Waals surface area contributed by atoms with Crippen LogP contribution in [0.4, 0.5) is 0 Å². The van der Waals surface area contributed by atoms with E-state index in [1.165, 1.54) is 0 Å². The summed E-state index contributed by atoms with van der Waals surface area (Å²) in [5, 5.41) is 2.87. The molecule has 0 aromatic carbocycles. The third-order valence-electron chi connectivity index (χ3n) is 4.98. The summed E-state index contributed by atoms with van der Waals surface area (Å²) >= 11 is 0. The van der Waals surface area contributed by atoms with E-state index in [0.717, 1.165) is 37.9 Å². The summed E-state index contributed by atoms with van der Waals surface area (Å²) in [6.07, 6.45) is 4.19. The molecule has 0 unspecified atom stereocenters. The molecule has 7 nitrogen and oxygen atoms in total. The highest BCUT2D eigenvalue weighted by Gasteiger charge is 2.41. The van der Waals surface area contributed by atoms with Gasteiger partial charge in [0.15, 0.2) is 0 Å². The molecule has 0 saturated carbocycles. The van der Waals surface area contributed by atoms with Crippen molar-refractivity contribution in [3.63, 3.8) is 0 Å². The molecule has 0 radical (unpaired) electrons. The molecule has 3 heterocycles. The van der Waals surface area contributed by atoms with Crippen molar-refractivity contribution in [3.05, 3.63) is 23.9 Å². The molecular weight excluding hydrogens is 322 g/mol. The lowest BCUT2D eigenvalue weighted by molar-refractivity contribution is -0.144. The fraction of sp³-hybridized carbons (Fsp3) is 0.667. The SMILES string of the molecule is COCCNC(=O)[C@H]1CC[C@@H]2[C@@H](CCN2Cc2cccnc2OC)O1. The monoisotopic (exact) mass is 349 g/mol. The summed E-state index contributed by atoms with van der Waals surface area (Å²) in [6.45, 7) is 2.80. The Bertz CT molecular complexity index is 583. The minimum atomic E-state index is -0.342. The molecular formula is C18H27N3O4. The van der Waals surface area contributed by atoms with E-state index in [1.54, 1.807) is 20.4 Å². The van der Waals surface area contributed by atoms with Crippen molar-refractivity contribution in [1.82, 2.24) is 15.2 Å². The van der Waals surface area contributed by atoms with Gasteiger partial charge in [0.1, 0.15) is 6.10 Å². The van der Waals surface area contributed by atoms with Crippen LogP contribution in [0.5, 0.6) is 5.88 Å². The molecule has 0 bridgehead atoms. The molecule has 1 N–H and O–H groups in total. The van der Waals surface area contributed by atoms with Crippen LogP contribution in [0.3, 0.4) is 0 Å². The maximum Gasteiger partial charge on any atom is 0.249 e. The van der Waals surface area contributed by atoms with Gasteiger partial charge < -0.3 is 19.5 Å². The number of pyridine rings is 1. The molecule has 0 aliphatic carbocycles. The van der Waals surface area contributed by atoms with E-state index >= 15 is 0 Å². The number of amides is 1. The number of rotatable bonds is 7. The van der Waals surface area contributed by atoms with Gasteiger partial charge in [0.25, 0.3) is 0 Å². The van der Waals surface area contributed by atoms with Crippen molar-refractivity contribution < 1.29 is 19.0 Å². The van der Waals surface area contributed by atoms with Gasteiger partial charge in [-0.3, -0.25) is 9.69 Å². The number of ether oxygens (including phenoxy) is 3. The van der Waals surface area contributed by atoms with E-state index in [-0.39, 0.29) is 18.1 Å². The molecule has 2 aliphatic heterocycles. The third kappa shape index (κ3) is 4.29. The van der Waals surface area contributed by atoms with Gasteiger partial charge in [-0.05, 0) is 25.3 Å². The lowest BCUT2D eigenvalue weighted by Gasteiger charge is -2.35. The van der Waals surface area contributed by atoms with Crippen molar-refractivity contribution in [1.29, 1.82) is 0 Å². The second-order valence-electron chi connectivity index (χ2n) is 6.52. The van der Waals surface area contributed by atoms with E-state index in [1.807, 2.05) is 6.07 Å². The van der Waals surface area contributed by atoms with Gasteiger partial charge >= 0.3 is 0 Å². The fourth-order valence-electron chi connectivity index (χ4n) is 3.74. The van der Waals surface area contributed by atoms with E-state index < -0.39 is 0 Å². The van der Waals surface area contributed by atoms with Crippen LogP contribution < -0.4 is 10.1 Å². The molecule has 138 valence electrons. The Balaban J connectivity index is 1.55. The molecule has 3 rings (SSSR count). The highest BCUT2D eigenvalue weighted by atomic mass is 16.5. The number of aromatic nitrogens is 1. The van der Waals surface area contributed by atoms with Crippen molar-refractivity contribution in [2.24, 2.45) is 0 Å². The number of fused-ring (bicyclic) bond motifs is 1. The van der Waals surface area contributed by atoms with Crippen LogP contribution in [0.15, 0.2) is 18.3 Å². The molecule has 2 saturated heterocycles. The molecule has 1 aromatic rings. The second-order valence-corrected chi connectivity index (χ2v) is 6.52. The van der Waals surface area contributed by atoms with Gasteiger partial charge in [-0.25, -0.2) is 4.98 Å². The Labute approximate surface area is 148 Å². The Morgan fingerprint density at radius 2 is 2.28 bits per heavy atom. The van der Waals surface area contributed by atoms with Crippen molar-refractivity contribution in [3.8, 4) is 5.88 Å². The van der Waals surface area contributed by atoms with Crippen LogP contribution in [-0.2, 0) is 20.8 Å². The summed E-state index contributed by atoms with van der Waals surface area (Å²) in [5.41, 5.74) is 1.09. The van der Waals surface area contributed by atoms with Crippen LogP contribution in [0, 0.1) is 0 Å². The largest absolute Gasteiger partial charge is 0.481 e. The average molecular weight is 349 g/mol. The summed E-state index contributed by atoms with van der Waals surface area (Å²) in [5.74, 6) is 0.654. The maximum atomic E-state index is 12.2. The average Bonchev–Trinajstić information content (AvgIpc) is 3.04. The Morgan fingerprint density at radius 1 is 1.40 bits per heavy atom. The normalized spacial score (nSPS) is 26.2. The van der Waals surface area contributed by atoms with Gasteiger partial charge in [-0.15, -0.1) is 0 Å². The lowest BCUT2D eigenvalue weighted by Crippen LogP contribution is -2.48. The quantitative estimate of drug-likeness (QED) is 0.740. The first-order chi connectivity index (χ1) is 12.2. The molecule has 3 atom stereocenters. The minimum absolute atomic E-state index is 0.0251. The molecule has 0 spiro atoms. The predicted octanol–water partition coefficient (Wildman–Crippen LogP) is 0.975. The van der Waals surface area contributed by atoms with Gasteiger partial charge in [-0.1, -0.05) is 6.07 Å². The standard InChI is InChI=1S/C18H27N3O4/c1-23-11-9-19-17(22)16-6-5-14-15(25-16)7-10-21(14)12-13-4-3-8-20-18(13)24-2/h3-4,8,14-16H,5-7,9-12H2,1-2H3,(H,19,22)/t14-,15-,16-/m1/s1. The molecule has 1 amide bonds. The number of nitrogens with one attached hydrogen (secondary N) is 1. The van der Waals surface area contributed by atoms with E-state index in [2.05, 4.69) is 21.3 Å². The number of hydrogen-bond donors (Lipinski definition) is 1. The number of likely N-dealkylation sites (tertiary alicyclic amines) is 1. The van der Waals surface area contributed by atoms with Crippen LogP contribution in [0.1, 0.15) is 24.8 Å². The zero-order chi connectivity index (χ0) is 17.6. The zero-order valence-electron chi connectivity index (χ0n) is 14.9. The number of nitrogens with zero attached hydrogens (tertiary/aromatic N) is 2. The first-order valence-electron chi connectivity index (χ1n) is 8.87. The van der Waals surface area contributed by atoms with Gasteiger partial charge in [0.2, 0.25) is 11.8 Å². The van der Waals surface area contributed by atoms with Gasteiger partial charge in [0.05, 0.1) is 19.8 Å². The lowest BCUT2D eigenvalue weighted by atomic mass is 9.98. The first-order valence-corrected chi connectivity index (χ1v) is 8.87. The topological polar surface area (TPSA) is 72.9 Å². The van der Waals surface area contributed by atoms with E-state index in [4.69, 9.17) is 14.2 Å². The fourth-order valence-corrected chi connectivity index (χ4v) is 3.74. The highest BCUT2D eigenvalue weighted by molar-refractivity contribution is 5.80. The van der Waals surface area contributed by atoms with Crippen LogP contribution in [0.2, 0.25) is 0 Å². The Kier molecular flexibility index (Phi) is 6.23. The van der Waals surface area contributed by atoms with Crippen LogP contribution in [0.25, 0.3) is 0 Å². The molecule has 2 fully saturated rings. The second kappa shape index (κ2) is 8.60. The predicted molar refractivity (Wildman–Crippen MR) is 92.4 cm³/mol. The molecule has 25 heavy (non-hydrogen) atoms. The smallest absolute Gasteiger partial charge is 0.249 e. The number of methoxy groups -OCH3 is 2. The van der Waals surface area contributed by atoms with E-state index in [9.17, 15) is 4.79 Å². The molecule has 2 aliphatic rings. The summed E-state index contributed by atoms with van der Waals surface area (Å²) in [6, 6.07) is 4.34. The number of carbonyl (C=O) groups excluding carboxylic acids is 1. The number of hydrogen-bond acceptors (Lipinski definition) is 6. The van der Waals surface area contributed by atoms with Gasteiger partial charge in [0, 0.05) is 44.5 Å². The van der Waals surface area contributed by atoms with Crippen molar-refractivity contribution in [2.75, 3.05) is 33.9 Å². The summed E-state index contributed by atoms with van der Waals surface area (Å²) in [4.78, 5) is 18.9.